The van der Waals surface area contributed by atoms with Gasteiger partial charge in [-0.1, -0.05) is 191 Å². The number of nitrogens with zero attached hydrogens (tertiary/aromatic N) is 2. The Bertz CT molecular complexity index is 1570. The second-order valence-corrected chi connectivity index (χ2v) is 17.1. The van der Waals surface area contributed by atoms with Gasteiger partial charge in [-0.15, -0.1) is 0 Å². The molecule has 0 aliphatic carbocycles. The molecule has 1 aromatic heterocycles. The third-order valence-corrected chi connectivity index (χ3v) is 11.9. The van der Waals surface area contributed by atoms with Crippen LogP contribution in [-0.4, -0.2) is 29.5 Å². The molecule has 3 rings (SSSR count). The summed E-state index contributed by atoms with van der Waals surface area (Å²) in [4.78, 5) is 20.2. The Hall–Kier alpha value is -2.97. The maximum atomic E-state index is 13.3. The highest BCUT2D eigenvalue weighted by Crippen LogP contribution is 2.32. The number of nitrogens with one attached hydrogen (secondary N) is 1. The zero-order chi connectivity index (χ0) is 38.9. The van der Waals surface area contributed by atoms with Crippen molar-refractivity contribution in [3.63, 3.8) is 0 Å². The first-order chi connectivity index (χ1) is 26.2. The zero-order valence-corrected chi connectivity index (χ0v) is 34.9. The van der Waals surface area contributed by atoms with Crippen molar-refractivity contribution in [2.45, 2.75) is 186 Å². The third-order valence-electron chi connectivity index (χ3n) is 10.4. The molecule has 2 N–H and O–H groups in total. The van der Waals surface area contributed by atoms with Crippen LogP contribution in [0, 0.1) is 0 Å². The van der Waals surface area contributed by atoms with E-state index in [2.05, 4.69) is 41.8 Å². The van der Waals surface area contributed by atoms with Crippen LogP contribution in [0.4, 0.5) is 5.95 Å². The number of halogens is 1. The third kappa shape index (κ3) is 17.7. The van der Waals surface area contributed by atoms with E-state index in [0.717, 1.165) is 37.3 Å². The van der Waals surface area contributed by atoms with Gasteiger partial charge in [0, 0.05) is 11.6 Å². The summed E-state index contributed by atoms with van der Waals surface area (Å²) in [5, 5.41) is 9.52. The zero-order valence-electron chi connectivity index (χ0n) is 33.4. The van der Waals surface area contributed by atoms with Crippen LogP contribution in [0.5, 0.6) is 0 Å². The molecule has 0 bridgehead atoms. The van der Waals surface area contributed by atoms with E-state index in [9.17, 15) is 18.3 Å². The molecule has 9 heteroatoms. The Morgan fingerprint density at radius 2 is 1.04 bits per heavy atom. The van der Waals surface area contributed by atoms with Gasteiger partial charge in [0.2, 0.25) is 5.95 Å². The number of anilines is 1. The van der Waals surface area contributed by atoms with Crippen molar-refractivity contribution in [1.29, 1.82) is 0 Å². The summed E-state index contributed by atoms with van der Waals surface area (Å²) in [6.07, 6.45) is 32.9. The van der Waals surface area contributed by atoms with E-state index in [1.807, 2.05) is 0 Å². The number of sulfonamides is 1. The van der Waals surface area contributed by atoms with Crippen molar-refractivity contribution in [2.75, 3.05) is 4.72 Å². The van der Waals surface area contributed by atoms with Crippen molar-refractivity contribution >= 4 is 33.5 Å². The Balaban J connectivity index is 1.66. The summed E-state index contributed by atoms with van der Waals surface area (Å²) in [6.45, 7) is 4.53. The molecule has 0 saturated heterocycles. The summed E-state index contributed by atoms with van der Waals surface area (Å²) in [5.41, 5.74) is 3.86. The average Bonchev–Trinajstić information content (AvgIpc) is 3.15. The molecule has 3 aromatic rings. The summed E-state index contributed by atoms with van der Waals surface area (Å²) >= 11 is 6.54. The second-order valence-electron chi connectivity index (χ2n) is 15.1. The fourth-order valence-electron chi connectivity index (χ4n) is 7.28. The van der Waals surface area contributed by atoms with Gasteiger partial charge in [0.15, 0.2) is 0 Å². The van der Waals surface area contributed by atoms with E-state index in [1.165, 1.54) is 171 Å². The molecule has 7 nitrogen and oxygen atoms in total. The minimum atomic E-state index is -4.17. The fourth-order valence-corrected chi connectivity index (χ4v) is 8.45. The van der Waals surface area contributed by atoms with Crippen molar-refractivity contribution < 1.29 is 18.3 Å². The number of carboxylic acid groups (broad SMARTS) is 1. The predicted octanol–water partition coefficient (Wildman–Crippen LogP) is 13.8. The second kappa shape index (κ2) is 26.8. The number of carbonyl (C=O) groups is 1. The number of hydrogen-bond donors (Lipinski definition) is 2. The summed E-state index contributed by atoms with van der Waals surface area (Å²) in [6, 6.07) is 13.4. The van der Waals surface area contributed by atoms with Crippen LogP contribution >= 0.6 is 11.6 Å². The molecular weight excluding hydrogens is 714 g/mol. The maximum absolute atomic E-state index is 13.3. The van der Waals surface area contributed by atoms with Gasteiger partial charge in [-0.3, -0.25) is 0 Å². The van der Waals surface area contributed by atoms with Gasteiger partial charge in [-0.2, -0.15) is 0 Å². The highest BCUT2D eigenvalue weighted by molar-refractivity contribution is 7.92. The lowest BCUT2D eigenvalue weighted by molar-refractivity contribution is 0.0696. The molecule has 0 fully saturated rings. The van der Waals surface area contributed by atoms with Crippen molar-refractivity contribution in [2.24, 2.45) is 0 Å². The van der Waals surface area contributed by atoms with Crippen LogP contribution in [0.1, 0.15) is 189 Å². The fraction of sp³-hybridized carbons (Fsp3) is 0.622. The number of unbranched alkanes of at least 4 members (excludes halogenated alkanes) is 22. The Labute approximate surface area is 332 Å². The minimum absolute atomic E-state index is 0.125. The molecule has 0 saturated carbocycles. The summed E-state index contributed by atoms with van der Waals surface area (Å²) < 4.78 is 29.1. The molecule has 0 spiro atoms. The first kappa shape index (κ1) is 45.4. The van der Waals surface area contributed by atoms with Gasteiger partial charge < -0.3 is 5.11 Å². The number of hydrogen-bond acceptors (Lipinski definition) is 5. The lowest BCUT2D eigenvalue weighted by atomic mass is 9.91. The van der Waals surface area contributed by atoms with E-state index in [0.29, 0.717) is 5.69 Å². The first-order valence-corrected chi connectivity index (χ1v) is 23.1. The van der Waals surface area contributed by atoms with Crippen molar-refractivity contribution in [1.82, 2.24) is 9.97 Å². The summed E-state index contributed by atoms with van der Waals surface area (Å²) in [5.74, 6) is -1.35. The molecule has 300 valence electrons. The van der Waals surface area contributed by atoms with E-state index >= 15 is 0 Å². The highest BCUT2D eigenvalue weighted by atomic mass is 35.5. The molecule has 0 aliphatic rings. The normalized spacial score (nSPS) is 11.6. The molecule has 54 heavy (non-hydrogen) atoms. The Morgan fingerprint density at radius 3 is 1.48 bits per heavy atom. The van der Waals surface area contributed by atoms with E-state index in [4.69, 9.17) is 16.6 Å². The standard InChI is InChI=1S/C45H68ClN3O4S/c1-3-5-7-9-11-13-15-17-19-21-23-25-29-37-31-27-32-38(30-26-24-22-20-18-16-14-12-10-8-6-4-2)43(37)41-36-42(46)48-45(47-41)49-54(52,53)40-34-28-33-39(35-40)44(50)51/h27-28,31-36H,3-26,29-30H2,1-2H3,(H,50,51)(H,47,48,49). The van der Waals surface area contributed by atoms with Crippen LogP contribution in [-0.2, 0) is 22.9 Å². The number of aromatic nitrogens is 2. The molecule has 1 heterocycles. The Kier molecular flexibility index (Phi) is 22.5. The van der Waals surface area contributed by atoms with Gasteiger partial charge in [0.05, 0.1) is 16.2 Å². The highest BCUT2D eigenvalue weighted by Gasteiger charge is 2.20. The van der Waals surface area contributed by atoms with Crippen LogP contribution in [0.2, 0.25) is 5.15 Å². The molecular formula is C45H68ClN3O4S. The number of aromatic carboxylic acids is 1. The summed E-state index contributed by atoms with van der Waals surface area (Å²) in [7, 11) is -4.17. The molecule has 0 atom stereocenters. The van der Waals surface area contributed by atoms with Crippen LogP contribution in [0.3, 0.4) is 0 Å². The largest absolute Gasteiger partial charge is 0.478 e. The van der Waals surface area contributed by atoms with E-state index in [-0.39, 0.29) is 21.6 Å². The first-order valence-electron chi connectivity index (χ1n) is 21.3. The monoisotopic (exact) mass is 781 g/mol. The SMILES string of the molecule is CCCCCCCCCCCCCCc1cccc(CCCCCCCCCCCCCC)c1-c1cc(Cl)nc(NS(=O)(=O)c2cccc(C(=O)O)c2)n1. The van der Waals surface area contributed by atoms with Gasteiger partial charge in [0.1, 0.15) is 5.15 Å². The van der Waals surface area contributed by atoms with Gasteiger partial charge >= 0.3 is 5.97 Å². The lowest BCUT2D eigenvalue weighted by Crippen LogP contribution is -2.16. The molecule has 0 amide bonds. The van der Waals surface area contributed by atoms with Gasteiger partial charge in [0.25, 0.3) is 10.0 Å². The lowest BCUT2D eigenvalue weighted by Gasteiger charge is -2.16. The number of aryl methyl sites for hydroxylation is 2. The van der Waals surface area contributed by atoms with Crippen molar-refractivity contribution in [3.8, 4) is 11.3 Å². The smallest absolute Gasteiger partial charge is 0.335 e. The minimum Gasteiger partial charge on any atom is -0.478 e. The molecule has 0 aliphatic heterocycles. The van der Waals surface area contributed by atoms with Crippen LogP contribution in [0.15, 0.2) is 53.4 Å². The molecule has 0 radical (unpaired) electrons. The molecule has 0 unspecified atom stereocenters. The van der Waals surface area contributed by atoms with E-state index < -0.39 is 16.0 Å². The predicted molar refractivity (Wildman–Crippen MR) is 226 cm³/mol. The van der Waals surface area contributed by atoms with Crippen molar-refractivity contribution in [3.05, 3.63) is 70.4 Å². The van der Waals surface area contributed by atoms with E-state index in [1.54, 1.807) is 6.07 Å². The number of benzene rings is 2. The number of carboxylic acids is 1. The Morgan fingerprint density at radius 1 is 0.611 bits per heavy atom. The number of rotatable bonds is 31. The topological polar surface area (TPSA) is 109 Å². The maximum Gasteiger partial charge on any atom is 0.335 e. The quantitative estimate of drug-likeness (QED) is 0.0497. The van der Waals surface area contributed by atoms with Crippen LogP contribution < -0.4 is 4.72 Å². The molecule has 2 aromatic carbocycles. The van der Waals surface area contributed by atoms with Gasteiger partial charge in [-0.05, 0) is 55.0 Å². The van der Waals surface area contributed by atoms with Gasteiger partial charge in [-0.25, -0.2) is 27.9 Å². The average molecular weight is 783 g/mol. The van der Waals surface area contributed by atoms with Crippen LogP contribution in [0.25, 0.3) is 11.3 Å².